The van der Waals surface area contributed by atoms with Gasteiger partial charge < -0.3 is 10.2 Å². The molecule has 4 nitrogen and oxygen atoms in total. The molecular formula is C16H20N2O2. The Kier molecular flexibility index (Phi) is 3.59. The maximum atomic E-state index is 11.7. The molecule has 1 aliphatic heterocycles. The Morgan fingerprint density at radius 3 is 3.00 bits per heavy atom. The summed E-state index contributed by atoms with van der Waals surface area (Å²) in [5.41, 5.74) is 8.29. The van der Waals surface area contributed by atoms with Gasteiger partial charge >= 0.3 is 5.63 Å². The van der Waals surface area contributed by atoms with E-state index in [1.807, 2.05) is 19.1 Å². The summed E-state index contributed by atoms with van der Waals surface area (Å²) in [5.74, 6) is 0.587. The monoisotopic (exact) mass is 272 g/mol. The second-order valence-electron chi connectivity index (χ2n) is 5.72. The third-order valence-corrected chi connectivity index (χ3v) is 4.08. The highest BCUT2D eigenvalue weighted by atomic mass is 16.4. The van der Waals surface area contributed by atoms with Gasteiger partial charge in [-0.25, -0.2) is 4.79 Å². The van der Waals surface area contributed by atoms with E-state index >= 15 is 0 Å². The molecule has 2 heterocycles. The van der Waals surface area contributed by atoms with Crippen molar-refractivity contribution in [2.45, 2.75) is 19.9 Å². The Labute approximate surface area is 118 Å². The number of aryl methyl sites for hydroxylation is 1. The van der Waals surface area contributed by atoms with Crippen molar-refractivity contribution in [2.24, 2.45) is 11.7 Å². The van der Waals surface area contributed by atoms with Crippen molar-refractivity contribution in [3.8, 4) is 0 Å². The topological polar surface area (TPSA) is 59.5 Å². The zero-order chi connectivity index (χ0) is 14.1. The van der Waals surface area contributed by atoms with Crippen molar-refractivity contribution in [1.29, 1.82) is 0 Å². The second kappa shape index (κ2) is 5.38. The Morgan fingerprint density at radius 2 is 2.25 bits per heavy atom. The minimum Gasteiger partial charge on any atom is -0.423 e. The molecule has 1 fully saturated rings. The number of benzene rings is 1. The van der Waals surface area contributed by atoms with E-state index in [-0.39, 0.29) is 5.63 Å². The molecule has 0 bridgehead atoms. The van der Waals surface area contributed by atoms with Crippen molar-refractivity contribution in [3.63, 3.8) is 0 Å². The minimum absolute atomic E-state index is 0.271. The van der Waals surface area contributed by atoms with Crippen LogP contribution < -0.4 is 11.4 Å². The number of fused-ring (bicyclic) bond motifs is 1. The van der Waals surface area contributed by atoms with E-state index in [0.29, 0.717) is 11.5 Å². The van der Waals surface area contributed by atoms with Gasteiger partial charge in [0.2, 0.25) is 0 Å². The summed E-state index contributed by atoms with van der Waals surface area (Å²) < 4.78 is 5.30. The summed E-state index contributed by atoms with van der Waals surface area (Å²) in [7, 11) is 0. The fourth-order valence-corrected chi connectivity index (χ4v) is 2.96. The molecule has 4 heteroatoms. The molecule has 0 aliphatic carbocycles. The summed E-state index contributed by atoms with van der Waals surface area (Å²) in [6.45, 7) is 5.60. The van der Waals surface area contributed by atoms with Gasteiger partial charge in [0.25, 0.3) is 0 Å². The first-order valence-electron chi connectivity index (χ1n) is 7.11. The van der Waals surface area contributed by atoms with Crippen LogP contribution in [0.2, 0.25) is 0 Å². The molecule has 1 aromatic carbocycles. The van der Waals surface area contributed by atoms with E-state index in [9.17, 15) is 4.79 Å². The third kappa shape index (κ3) is 2.62. The minimum atomic E-state index is -0.271. The van der Waals surface area contributed by atoms with Gasteiger partial charge in [-0.1, -0.05) is 12.1 Å². The summed E-state index contributed by atoms with van der Waals surface area (Å²) in [6, 6.07) is 7.64. The first kappa shape index (κ1) is 13.3. The summed E-state index contributed by atoms with van der Waals surface area (Å²) >= 11 is 0. The van der Waals surface area contributed by atoms with Gasteiger partial charge in [0.05, 0.1) is 0 Å². The largest absolute Gasteiger partial charge is 0.423 e. The fourth-order valence-electron chi connectivity index (χ4n) is 2.96. The first-order valence-corrected chi connectivity index (χ1v) is 7.11. The number of likely N-dealkylation sites (tertiary alicyclic amines) is 1. The molecule has 0 spiro atoms. The molecule has 2 N–H and O–H groups in total. The van der Waals surface area contributed by atoms with Gasteiger partial charge in [-0.05, 0) is 49.5 Å². The first-order chi connectivity index (χ1) is 9.65. The van der Waals surface area contributed by atoms with Crippen LogP contribution in [0.1, 0.15) is 17.5 Å². The van der Waals surface area contributed by atoms with Crippen LogP contribution in [-0.4, -0.2) is 24.5 Å². The van der Waals surface area contributed by atoms with Gasteiger partial charge in [-0.15, -0.1) is 0 Å². The lowest BCUT2D eigenvalue weighted by atomic mass is 10.1. The molecule has 1 saturated heterocycles. The Bertz CT molecular complexity index is 678. The molecule has 2 aromatic rings. The zero-order valence-electron chi connectivity index (χ0n) is 11.8. The molecule has 20 heavy (non-hydrogen) atoms. The molecule has 3 rings (SSSR count). The maximum Gasteiger partial charge on any atom is 0.336 e. The van der Waals surface area contributed by atoms with Gasteiger partial charge in [0.1, 0.15) is 5.58 Å². The standard InChI is InChI=1S/C16H20N2O2/c1-11-2-3-14-13(7-16(19)20-15(14)6-11)10-18-5-4-12(8-17)9-18/h2-3,6-7,12H,4-5,8-10,17H2,1H3. The van der Waals surface area contributed by atoms with Gasteiger partial charge in [0.15, 0.2) is 0 Å². The Morgan fingerprint density at radius 1 is 1.40 bits per heavy atom. The molecule has 0 amide bonds. The molecule has 1 aliphatic rings. The molecule has 1 unspecified atom stereocenters. The maximum absolute atomic E-state index is 11.7. The SMILES string of the molecule is Cc1ccc2c(CN3CCC(CN)C3)cc(=O)oc2c1. The Balaban J connectivity index is 1.93. The van der Waals surface area contributed by atoms with Crippen molar-refractivity contribution < 1.29 is 4.42 Å². The van der Waals surface area contributed by atoms with Crippen molar-refractivity contribution in [2.75, 3.05) is 19.6 Å². The van der Waals surface area contributed by atoms with Gasteiger partial charge in [-0.3, -0.25) is 4.90 Å². The van der Waals surface area contributed by atoms with Crippen LogP contribution in [0.5, 0.6) is 0 Å². The van der Waals surface area contributed by atoms with Crippen LogP contribution >= 0.6 is 0 Å². The van der Waals surface area contributed by atoms with Crippen LogP contribution in [0.4, 0.5) is 0 Å². The highest BCUT2D eigenvalue weighted by molar-refractivity contribution is 5.80. The lowest BCUT2D eigenvalue weighted by molar-refractivity contribution is 0.318. The predicted octanol–water partition coefficient (Wildman–Crippen LogP) is 1.88. The van der Waals surface area contributed by atoms with Gasteiger partial charge in [0, 0.05) is 24.5 Å². The average Bonchev–Trinajstić information content (AvgIpc) is 2.85. The van der Waals surface area contributed by atoms with E-state index < -0.39 is 0 Å². The average molecular weight is 272 g/mol. The molecule has 0 radical (unpaired) electrons. The van der Waals surface area contributed by atoms with Crippen LogP contribution in [0.15, 0.2) is 33.5 Å². The number of nitrogens with zero attached hydrogens (tertiary/aromatic N) is 1. The number of rotatable bonds is 3. The predicted molar refractivity (Wildman–Crippen MR) is 79.7 cm³/mol. The van der Waals surface area contributed by atoms with E-state index in [1.165, 1.54) is 0 Å². The van der Waals surface area contributed by atoms with Crippen molar-refractivity contribution in [3.05, 3.63) is 45.8 Å². The molecule has 1 aromatic heterocycles. The number of hydrogen-bond acceptors (Lipinski definition) is 4. The molecule has 1 atom stereocenters. The normalized spacial score (nSPS) is 19.8. The summed E-state index contributed by atoms with van der Waals surface area (Å²) in [6.07, 6.45) is 1.15. The lowest BCUT2D eigenvalue weighted by Crippen LogP contribution is -2.23. The van der Waals surface area contributed by atoms with E-state index in [0.717, 1.165) is 49.1 Å². The van der Waals surface area contributed by atoms with Crippen LogP contribution in [-0.2, 0) is 6.54 Å². The number of hydrogen-bond donors (Lipinski definition) is 1. The zero-order valence-corrected chi connectivity index (χ0v) is 11.8. The smallest absolute Gasteiger partial charge is 0.336 e. The highest BCUT2D eigenvalue weighted by Gasteiger charge is 2.21. The van der Waals surface area contributed by atoms with Crippen molar-refractivity contribution >= 4 is 11.0 Å². The highest BCUT2D eigenvalue weighted by Crippen LogP contribution is 2.23. The molecular weight excluding hydrogens is 252 g/mol. The quantitative estimate of drug-likeness (QED) is 0.867. The van der Waals surface area contributed by atoms with E-state index in [4.69, 9.17) is 10.2 Å². The number of nitrogens with two attached hydrogens (primary N) is 1. The summed E-state index contributed by atoms with van der Waals surface area (Å²) in [5, 5.41) is 1.03. The summed E-state index contributed by atoms with van der Waals surface area (Å²) in [4.78, 5) is 14.1. The third-order valence-electron chi connectivity index (χ3n) is 4.08. The van der Waals surface area contributed by atoms with Crippen LogP contribution in [0.25, 0.3) is 11.0 Å². The molecule has 106 valence electrons. The molecule has 0 saturated carbocycles. The van der Waals surface area contributed by atoms with Gasteiger partial charge in [-0.2, -0.15) is 0 Å². The van der Waals surface area contributed by atoms with Crippen molar-refractivity contribution in [1.82, 2.24) is 4.90 Å². The fraction of sp³-hybridized carbons (Fsp3) is 0.438. The van der Waals surface area contributed by atoms with Crippen LogP contribution in [0, 0.1) is 12.8 Å². The lowest BCUT2D eigenvalue weighted by Gasteiger charge is -2.16. The van der Waals surface area contributed by atoms with E-state index in [2.05, 4.69) is 11.0 Å². The van der Waals surface area contributed by atoms with E-state index in [1.54, 1.807) is 6.07 Å². The Hall–Kier alpha value is -1.65. The second-order valence-corrected chi connectivity index (χ2v) is 5.72. The van der Waals surface area contributed by atoms with Crippen LogP contribution in [0.3, 0.4) is 0 Å².